The van der Waals surface area contributed by atoms with E-state index in [0.717, 1.165) is 0 Å². The van der Waals surface area contributed by atoms with E-state index in [2.05, 4.69) is 0 Å². The minimum Gasteiger partial charge on any atom is -0.459 e. The van der Waals surface area contributed by atoms with Gasteiger partial charge in [0.15, 0.2) is 0 Å². The Morgan fingerprint density at radius 3 is 2.00 bits per heavy atom. The first-order valence-electron chi connectivity index (χ1n) is 8.97. The molecule has 1 fully saturated rings. The summed E-state index contributed by atoms with van der Waals surface area (Å²) in [6.07, 6.45) is -0.407. The van der Waals surface area contributed by atoms with E-state index in [1.807, 2.05) is 69.2 Å². The fraction of sp³-hybridized carbons (Fsp3) is 0.895. The van der Waals surface area contributed by atoms with E-state index in [1.165, 1.54) is 11.8 Å². The maximum atomic E-state index is 12.8. The van der Waals surface area contributed by atoms with Gasteiger partial charge in [0, 0.05) is 4.75 Å². The van der Waals surface area contributed by atoms with E-state index < -0.39 is 27.8 Å². The molecule has 1 unspecified atom stereocenters. The van der Waals surface area contributed by atoms with Crippen LogP contribution in [0.3, 0.4) is 0 Å². The molecule has 0 N–H and O–H groups in total. The van der Waals surface area contributed by atoms with Gasteiger partial charge in [-0.25, -0.2) is 4.79 Å². The molecule has 1 saturated heterocycles. The smallest absolute Gasteiger partial charge is 0.412 e. The molecule has 0 aromatic carbocycles. The number of amides is 1. The molecule has 6 nitrogen and oxygen atoms in total. The van der Waals surface area contributed by atoms with Crippen LogP contribution in [0.15, 0.2) is 0 Å². The first kappa shape index (κ1) is 23.1. The fourth-order valence-electron chi connectivity index (χ4n) is 2.68. The van der Waals surface area contributed by atoms with Gasteiger partial charge < -0.3 is 14.2 Å². The normalized spacial score (nSPS) is 20.8. The van der Waals surface area contributed by atoms with Gasteiger partial charge in [0.05, 0.1) is 18.4 Å². The van der Waals surface area contributed by atoms with E-state index in [-0.39, 0.29) is 17.8 Å². The molecule has 26 heavy (non-hydrogen) atoms. The summed E-state index contributed by atoms with van der Waals surface area (Å²) in [5.74, 6) is -0.0545. The van der Waals surface area contributed by atoms with Gasteiger partial charge in [-0.3, -0.25) is 9.69 Å². The number of rotatable bonds is 4. The van der Waals surface area contributed by atoms with Crippen molar-refractivity contribution in [2.75, 3.05) is 12.4 Å². The van der Waals surface area contributed by atoms with Crippen LogP contribution in [0.25, 0.3) is 0 Å². The molecule has 1 amide bonds. The van der Waals surface area contributed by atoms with E-state index in [4.69, 9.17) is 14.2 Å². The van der Waals surface area contributed by atoms with Crippen LogP contribution in [-0.4, -0.2) is 57.0 Å². The highest BCUT2D eigenvalue weighted by atomic mass is 32.2. The van der Waals surface area contributed by atoms with Crippen molar-refractivity contribution in [3.05, 3.63) is 0 Å². The van der Waals surface area contributed by atoms with Crippen LogP contribution in [0.5, 0.6) is 0 Å². The van der Waals surface area contributed by atoms with Crippen molar-refractivity contribution in [3.8, 4) is 0 Å². The quantitative estimate of drug-likeness (QED) is 0.671. The Morgan fingerprint density at radius 1 is 1.04 bits per heavy atom. The highest BCUT2D eigenvalue weighted by Crippen LogP contribution is 2.40. The lowest BCUT2D eigenvalue weighted by molar-refractivity contribution is -0.151. The van der Waals surface area contributed by atoms with Crippen LogP contribution in [0, 0.1) is 0 Å². The zero-order chi connectivity index (χ0) is 20.6. The number of hydrogen-bond donors (Lipinski definition) is 0. The molecular weight excluding hydrogens is 354 g/mol. The van der Waals surface area contributed by atoms with Crippen LogP contribution in [0.2, 0.25) is 0 Å². The summed E-state index contributed by atoms with van der Waals surface area (Å²) in [5.41, 5.74) is -1.87. The zero-order valence-corrected chi connectivity index (χ0v) is 18.7. The average Bonchev–Trinajstić information content (AvgIpc) is 2.69. The Labute approximate surface area is 162 Å². The highest BCUT2D eigenvalue weighted by Gasteiger charge is 2.51. The van der Waals surface area contributed by atoms with Gasteiger partial charge in [-0.15, -0.1) is 11.8 Å². The standard InChI is InChI=1S/C19H35NO5S/c1-16(2,3)24-14(21)12-26-18(7,8)13-11-23-19(9,10)20(13)15(22)25-17(4,5)6/h13H,11-12H2,1-10H3. The molecule has 0 aromatic heterocycles. The molecule has 0 saturated carbocycles. The maximum absolute atomic E-state index is 12.8. The van der Waals surface area contributed by atoms with Crippen molar-refractivity contribution < 1.29 is 23.8 Å². The van der Waals surface area contributed by atoms with Gasteiger partial charge in [0.2, 0.25) is 0 Å². The molecule has 0 aliphatic carbocycles. The molecule has 1 atom stereocenters. The molecule has 1 heterocycles. The number of nitrogens with zero attached hydrogens (tertiary/aromatic N) is 1. The predicted octanol–water partition coefficient (Wildman–Crippen LogP) is 4.21. The first-order chi connectivity index (χ1) is 11.4. The highest BCUT2D eigenvalue weighted by molar-refractivity contribution is 8.01. The third kappa shape index (κ3) is 6.65. The molecule has 152 valence electrons. The van der Waals surface area contributed by atoms with Gasteiger partial charge in [-0.05, 0) is 69.2 Å². The Balaban J connectivity index is 2.88. The second kappa shape index (κ2) is 7.58. The second-order valence-corrected chi connectivity index (χ2v) is 11.2. The van der Waals surface area contributed by atoms with E-state index >= 15 is 0 Å². The lowest BCUT2D eigenvalue weighted by Crippen LogP contribution is -2.55. The SMILES string of the molecule is CC(C)(C)OC(=O)CSC(C)(C)C1COC(C)(C)N1C(=O)OC(C)(C)C. The number of esters is 1. The Kier molecular flexibility index (Phi) is 6.73. The van der Waals surface area contributed by atoms with Crippen LogP contribution in [0.1, 0.15) is 69.2 Å². The summed E-state index contributed by atoms with van der Waals surface area (Å²) in [6, 6.07) is -0.222. The Hall–Kier alpha value is -0.950. The van der Waals surface area contributed by atoms with Gasteiger partial charge in [0.25, 0.3) is 0 Å². The molecule has 0 aromatic rings. The van der Waals surface area contributed by atoms with Gasteiger partial charge in [-0.1, -0.05) is 0 Å². The third-order valence-corrected chi connectivity index (χ3v) is 5.26. The average molecular weight is 390 g/mol. The van der Waals surface area contributed by atoms with Crippen molar-refractivity contribution in [2.45, 2.75) is 97.0 Å². The summed E-state index contributed by atoms with van der Waals surface area (Å²) < 4.78 is 16.4. The largest absolute Gasteiger partial charge is 0.459 e. The lowest BCUT2D eigenvalue weighted by Gasteiger charge is -2.40. The molecule has 1 rings (SSSR count). The summed E-state index contributed by atoms with van der Waals surface area (Å²) in [4.78, 5) is 26.5. The molecule has 1 aliphatic heterocycles. The summed E-state index contributed by atoms with van der Waals surface area (Å²) in [6.45, 7) is 19.2. The Morgan fingerprint density at radius 2 is 1.54 bits per heavy atom. The van der Waals surface area contributed by atoms with Crippen molar-refractivity contribution in [3.63, 3.8) is 0 Å². The molecule has 0 spiro atoms. The second-order valence-electron chi connectivity index (χ2n) is 9.60. The third-order valence-electron chi connectivity index (χ3n) is 3.86. The molecular formula is C19H35NO5S. The fourth-order valence-corrected chi connectivity index (χ4v) is 3.60. The van der Waals surface area contributed by atoms with Gasteiger partial charge in [-0.2, -0.15) is 0 Å². The Bertz CT molecular complexity index is 531. The number of hydrogen-bond acceptors (Lipinski definition) is 6. The summed E-state index contributed by atoms with van der Waals surface area (Å²) in [7, 11) is 0. The van der Waals surface area contributed by atoms with Crippen LogP contribution < -0.4 is 0 Å². The van der Waals surface area contributed by atoms with Crippen molar-refractivity contribution in [1.29, 1.82) is 0 Å². The monoisotopic (exact) mass is 389 g/mol. The van der Waals surface area contributed by atoms with Crippen LogP contribution in [0.4, 0.5) is 4.79 Å². The van der Waals surface area contributed by atoms with Gasteiger partial charge in [0.1, 0.15) is 16.9 Å². The maximum Gasteiger partial charge on any atom is 0.412 e. The van der Waals surface area contributed by atoms with E-state index in [9.17, 15) is 9.59 Å². The number of carbonyl (C=O) groups excluding carboxylic acids is 2. The predicted molar refractivity (Wildman–Crippen MR) is 104 cm³/mol. The number of carbonyl (C=O) groups is 2. The first-order valence-corrected chi connectivity index (χ1v) is 9.95. The summed E-state index contributed by atoms with van der Waals surface area (Å²) in [5, 5.41) is 0. The van der Waals surface area contributed by atoms with Crippen molar-refractivity contribution in [2.24, 2.45) is 0 Å². The zero-order valence-electron chi connectivity index (χ0n) is 17.9. The number of thioether (sulfide) groups is 1. The molecule has 0 radical (unpaired) electrons. The van der Waals surface area contributed by atoms with Crippen molar-refractivity contribution in [1.82, 2.24) is 4.90 Å². The molecule has 1 aliphatic rings. The summed E-state index contributed by atoms with van der Waals surface area (Å²) >= 11 is 1.46. The van der Waals surface area contributed by atoms with E-state index in [0.29, 0.717) is 6.61 Å². The topological polar surface area (TPSA) is 65.1 Å². The minimum atomic E-state index is -0.767. The minimum absolute atomic E-state index is 0.212. The number of ether oxygens (including phenoxy) is 3. The van der Waals surface area contributed by atoms with Crippen LogP contribution in [-0.2, 0) is 19.0 Å². The molecule has 0 bridgehead atoms. The lowest BCUT2D eigenvalue weighted by atomic mass is 10.0. The molecule has 7 heteroatoms. The van der Waals surface area contributed by atoms with Gasteiger partial charge >= 0.3 is 12.1 Å². The van der Waals surface area contributed by atoms with Crippen molar-refractivity contribution >= 4 is 23.8 Å². The van der Waals surface area contributed by atoms with Crippen LogP contribution >= 0.6 is 11.8 Å². The van der Waals surface area contributed by atoms with E-state index in [1.54, 1.807) is 4.90 Å².